The lowest BCUT2D eigenvalue weighted by molar-refractivity contribution is -0.137. The molecule has 0 saturated carbocycles. The molecule has 0 fully saturated rings. The van der Waals surface area contributed by atoms with Crippen LogP contribution in [0, 0.1) is 0 Å². The van der Waals surface area contributed by atoms with Gasteiger partial charge in [-0.05, 0) is 11.6 Å². The molecular weight excluding hydrogens is 310 g/mol. The summed E-state index contributed by atoms with van der Waals surface area (Å²) in [6, 6.07) is 11.3. The van der Waals surface area contributed by atoms with Crippen LogP contribution in [0.2, 0.25) is 0 Å². The lowest BCUT2D eigenvalue weighted by atomic mass is 10.2. The summed E-state index contributed by atoms with van der Waals surface area (Å²) in [6.45, 7) is 0.312. The van der Waals surface area contributed by atoms with Gasteiger partial charge in [0.2, 0.25) is 0 Å². The highest BCUT2D eigenvalue weighted by Crippen LogP contribution is 2.09. The number of amides is 1. The van der Waals surface area contributed by atoms with E-state index in [9.17, 15) is 9.59 Å². The molecule has 0 saturated heterocycles. The molecular formula is C16H15N5O3. The van der Waals surface area contributed by atoms with E-state index < -0.39 is 11.9 Å². The summed E-state index contributed by atoms with van der Waals surface area (Å²) in [6.07, 6.45) is 4.72. The fraction of sp³-hybridized carbons (Fsp3) is 0.125. The zero-order chi connectivity index (χ0) is 16.9. The van der Waals surface area contributed by atoms with Crippen molar-refractivity contribution in [2.75, 3.05) is 5.32 Å². The smallest absolute Gasteiger partial charge is 0.325 e. The molecule has 8 nitrogen and oxygen atoms in total. The first-order valence-corrected chi connectivity index (χ1v) is 7.23. The first-order chi connectivity index (χ1) is 11.6. The Hall–Kier alpha value is -3.42. The van der Waals surface area contributed by atoms with Gasteiger partial charge in [0, 0.05) is 12.4 Å². The van der Waals surface area contributed by atoms with Crippen LogP contribution < -0.4 is 5.32 Å². The molecule has 0 aliphatic rings. The Balaban J connectivity index is 1.62. The summed E-state index contributed by atoms with van der Waals surface area (Å²) in [7, 11) is 0. The van der Waals surface area contributed by atoms with E-state index in [0.717, 1.165) is 5.56 Å². The van der Waals surface area contributed by atoms with Crippen molar-refractivity contribution < 1.29 is 14.7 Å². The maximum Gasteiger partial charge on any atom is 0.325 e. The molecule has 0 radical (unpaired) electrons. The Morgan fingerprint density at radius 2 is 1.92 bits per heavy atom. The van der Waals surface area contributed by atoms with Gasteiger partial charge in [-0.15, -0.1) is 0 Å². The molecule has 0 atom stereocenters. The molecule has 0 aliphatic heterocycles. The van der Waals surface area contributed by atoms with Gasteiger partial charge in [-0.1, -0.05) is 30.3 Å². The van der Waals surface area contributed by atoms with Gasteiger partial charge in [0.1, 0.15) is 6.54 Å². The summed E-state index contributed by atoms with van der Waals surface area (Å²) >= 11 is 0. The Morgan fingerprint density at radius 3 is 2.67 bits per heavy atom. The summed E-state index contributed by atoms with van der Waals surface area (Å²) < 4.78 is 2.91. The van der Waals surface area contributed by atoms with Crippen LogP contribution in [0.3, 0.4) is 0 Å². The normalized spacial score (nSPS) is 10.5. The number of carboxylic acids is 1. The van der Waals surface area contributed by atoms with Gasteiger partial charge < -0.3 is 10.4 Å². The second-order valence-electron chi connectivity index (χ2n) is 5.16. The first-order valence-electron chi connectivity index (χ1n) is 7.23. The van der Waals surface area contributed by atoms with E-state index in [4.69, 9.17) is 5.11 Å². The Kier molecular flexibility index (Phi) is 4.37. The number of benzene rings is 1. The zero-order valence-corrected chi connectivity index (χ0v) is 12.7. The van der Waals surface area contributed by atoms with Crippen LogP contribution >= 0.6 is 0 Å². The van der Waals surface area contributed by atoms with Crippen molar-refractivity contribution in [2.45, 2.75) is 13.1 Å². The quantitative estimate of drug-likeness (QED) is 0.714. The van der Waals surface area contributed by atoms with Crippen molar-refractivity contribution in [3.63, 3.8) is 0 Å². The number of rotatable bonds is 6. The lowest BCUT2D eigenvalue weighted by Crippen LogP contribution is -2.14. The van der Waals surface area contributed by atoms with Gasteiger partial charge in [0.05, 0.1) is 18.4 Å². The molecule has 1 aromatic carbocycles. The largest absolute Gasteiger partial charge is 0.480 e. The minimum atomic E-state index is -1.02. The second kappa shape index (κ2) is 6.78. The monoisotopic (exact) mass is 325 g/mol. The average Bonchev–Trinajstić information content (AvgIpc) is 3.17. The van der Waals surface area contributed by atoms with Crippen molar-refractivity contribution in [2.24, 2.45) is 0 Å². The van der Waals surface area contributed by atoms with E-state index in [-0.39, 0.29) is 12.2 Å². The molecule has 24 heavy (non-hydrogen) atoms. The average molecular weight is 325 g/mol. The van der Waals surface area contributed by atoms with Crippen molar-refractivity contribution in [3.8, 4) is 0 Å². The highest BCUT2D eigenvalue weighted by molar-refractivity contribution is 6.02. The van der Waals surface area contributed by atoms with E-state index in [1.807, 2.05) is 30.3 Å². The number of aromatic nitrogens is 4. The number of hydrogen-bond donors (Lipinski definition) is 2. The molecule has 0 unspecified atom stereocenters. The van der Waals surface area contributed by atoms with Gasteiger partial charge in [0.15, 0.2) is 5.69 Å². The molecule has 3 aromatic rings. The minimum absolute atomic E-state index is 0.145. The third-order valence-electron chi connectivity index (χ3n) is 3.25. The Labute approximate surface area is 137 Å². The molecule has 122 valence electrons. The third-order valence-corrected chi connectivity index (χ3v) is 3.25. The number of hydrogen-bond acceptors (Lipinski definition) is 4. The molecule has 0 bridgehead atoms. The van der Waals surface area contributed by atoms with Crippen LogP contribution in [0.15, 0.2) is 55.0 Å². The van der Waals surface area contributed by atoms with E-state index in [1.54, 1.807) is 17.1 Å². The maximum absolute atomic E-state index is 12.1. The number of carbonyl (C=O) groups excluding carboxylic acids is 1. The molecule has 2 N–H and O–H groups in total. The molecule has 0 spiro atoms. The Morgan fingerprint density at radius 1 is 1.12 bits per heavy atom. The number of carbonyl (C=O) groups is 2. The fourth-order valence-corrected chi connectivity index (χ4v) is 2.19. The highest BCUT2D eigenvalue weighted by Gasteiger charge is 2.12. The van der Waals surface area contributed by atoms with Crippen molar-refractivity contribution >= 4 is 17.6 Å². The number of nitrogens with zero attached hydrogens (tertiary/aromatic N) is 4. The van der Waals surface area contributed by atoms with E-state index in [1.165, 1.54) is 16.9 Å². The van der Waals surface area contributed by atoms with E-state index in [2.05, 4.69) is 15.5 Å². The number of nitrogens with one attached hydrogen (secondary N) is 1. The van der Waals surface area contributed by atoms with Crippen molar-refractivity contribution in [1.82, 2.24) is 19.6 Å². The topological polar surface area (TPSA) is 102 Å². The van der Waals surface area contributed by atoms with Gasteiger partial charge in [0.25, 0.3) is 5.91 Å². The summed E-state index contributed by atoms with van der Waals surface area (Å²) in [4.78, 5) is 22.7. The van der Waals surface area contributed by atoms with Crippen LogP contribution in [-0.4, -0.2) is 36.5 Å². The molecule has 3 rings (SSSR count). The van der Waals surface area contributed by atoms with Gasteiger partial charge in [-0.25, -0.2) is 0 Å². The fourth-order valence-electron chi connectivity index (χ4n) is 2.19. The summed E-state index contributed by atoms with van der Waals surface area (Å²) in [5, 5.41) is 19.5. The number of carboxylic acid groups (broad SMARTS) is 1. The molecule has 8 heteroatoms. The predicted molar refractivity (Wildman–Crippen MR) is 85.6 cm³/mol. The maximum atomic E-state index is 12.1. The third kappa shape index (κ3) is 3.86. The van der Waals surface area contributed by atoms with Crippen molar-refractivity contribution in [1.29, 1.82) is 0 Å². The van der Waals surface area contributed by atoms with Crippen molar-refractivity contribution in [3.05, 3.63) is 66.2 Å². The van der Waals surface area contributed by atoms with Gasteiger partial charge in [-0.3, -0.25) is 19.0 Å². The minimum Gasteiger partial charge on any atom is -0.480 e. The van der Waals surface area contributed by atoms with E-state index in [0.29, 0.717) is 12.2 Å². The molecule has 2 heterocycles. The predicted octanol–water partition coefficient (Wildman–Crippen LogP) is 1.46. The van der Waals surface area contributed by atoms with Crippen LogP contribution in [-0.2, 0) is 17.9 Å². The number of aliphatic carboxylic acids is 1. The molecule has 2 aromatic heterocycles. The molecule has 1 amide bonds. The second-order valence-corrected chi connectivity index (χ2v) is 5.16. The summed E-state index contributed by atoms with van der Waals surface area (Å²) in [5.41, 5.74) is 1.79. The standard InChI is InChI=1S/C16H15N5O3/c22-15(23)11-20-7-6-14(19-20)16(24)18-13-8-17-21(10-13)9-12-4-2-1-3-5-12/h1-8,10H,9,11H2,(H,18,24)(H,22,23). The van der Waals surface area contributed by atoms with Gasteiger partial charge in [-0.2, -0.15) is 10.2 Å². The SMILES string of the molecule is O=C(O)Cn1ccc(C(=O)Nc2cnn(Cc3ccccc3)c2)n1. The van der Waals surface area contributed by atoms with Crippen LogP contribution in [0.4, 0.5) is 5.69 Å². The highest BCUT2D eigenvalue weighted by atomic mass is 16.4. The van der Waals surface area contributed by atoms with Crippen LogP contribution in [0.1, 0.15) is 16.1 Å². The van der Waals surface area contributed by atoms with Gasteiger partial charge >= 0.3 is 5.97 Å². The van der Waals surface area contributed by atoms with Crippen LogP contribution in [0.25, 0.3) is 0 Å². The van der Waals surface area contributed by atoms with Crippen LogP contribution in [0.5, 0.6) is 0 Å². The van der Waals surface area contributed by atoms with E-state index >= 15 is 0 Å². The lowest BCUT2D eigenvalue weighted by Gasteiger charge is -2.01. The Bertz CT molecular complexity index is 853. The zero-order valence-electron chi connectivity index (χ0n) is 12.7. The summed E-state index contributed by atoms with van der Waals surface area (Å²) in [5.74, 6) is -1.44. The molecule has 0 aliphatic carbocycles. The first kappa shape index (κ1) is 15.5. The number of anilines is 1.